The minimum Gasteiger partial charge on any atom is -0.313 e. The van der Waals surface area contributed by atoms with Crippen LogP contribution in [0.4, 0.5) is 4.39 Å². The largest absolute Gasteiger partial charge is 0.313 e. The highest BCUT2D eigenvalue weighted by Gasteiger charge is 2.20. The molecule has 1 N–H and O–H groups in total. The zero-order chi connectivity index (χ0) is 10.7. The monoisotopic (exact) mass is 207 g/mol. The van der Waals surface area contributed by atoms with E-state index in [4.69, 9.17) is 0 Å². The van der Waals surface area contributed by atoms with Gasteiger partial charge in [0.25, 0.3) is 0 Å². The first-order valence-electron chi connectivity index (χ1n) is 5.73. The van der Waals surface area contributed by atoms with Crippen molar-refractivity contribution >= 4 is 0 Å². The molecule has 0 bridgehead atoms. The van der Waals surface area contributed by atoms with Gasteiger partial charge >= 0.3 is 0 Å². The summed E-state index contributed by atoms with van der Waals surface area (Å²) in [4.78, 5) is 0. The summed E-state index contributed by atoms with van der Waals surface area (Å²) in [6.07, 6.45) is 3.49. The summed E-state index contributed by atoms with van der Waals surface area (Å²) in [5.74, 6) is 0.568. The van der Waals surface area contributed by atoms with Crippen LogP contribution in [-0.4, -0.2) is 12.6 Å². The lowest BCUT2D eigenvalue weighted by molar-refractivity contribution is 0.298. The lowest BCUT2D eigenvalue weighted by atomic mass is 9.88. The van der Waals surface area contributed by atoms with Crippen LogP contribution in [0, 0.1) is 11.7 Å². The lowest BCUT2D eigenvalue weighted by Gasteiger charge is -2.30. The molecule has 2 unspecified atom stereocenters. The molecule has 1 aliphatic heterocycles. The van der Waals surface area contributed by atoms with Gasteiger partial charge in [-0.15, -0.1) is 0 Å². The molecule has 82 valence electrons. The maximum absolute atomic E-state index is 13.0. The zero-order valence-electron chi connectivity index (χ0n) is 9.17. The van der Waals surface area contributed by atoms with E-state index >= 15 is 0 Å². The van der Waals surface area contributed by atoms with Gasteiger partial charge in [-0.25, -0.2) is 4.39 Å². The molecule has 0 saturated carbocycles. The van der Waals surface area contributed by atoms with E-state index in [9.17, 15) is 4.39 Å². The Morgan fingerprint density at radius 2 is 2.33 bits per heavy atom. The van der Waals surface area contributed by atoms with Gasteiger partial charge in [0.2, 0.25) is 0 Å². The molecule has 15 heavy (non-hydrogen) atoms. The first kappa shape index (κ1) is 10.6. The van der Waals surface area contributed by atoms with Crippen molar-refractivity contribution in [2.45, 2.75) is 32.2 Å². The second kappa shape index (κ2) is 4.75. The maximum atomic E-state index is 13.0. The Balaban J connectivity index is 2.01. The van der Waals surface area contributed by atoms with Crippen molar-refractivity contribution in [1.82, 2.24) is 5.32 Å². The molecule has 1 saturated heterocycles. The molecule has 1 aromatic carbocycles. The highest BCUT2D eigenvalue weighted by molar-refractivity contribution is 5.17. The zero-order valence-corrected chi connectivity index (χ0v) is 9.17. The van der Waals surface area contributed by atoms with E-state index < -0.39 is 0 Å². The highest BCUT2D eigenvalue weighted by Crippen LogP contribution is 2.19. The molecule has 2 rings (SSSR count). The molecule has 1 aromatic rings. The van der Waals surface area contributed by atoms with Crippen LogP contribution < -0.4 is 5.32 Å². The van der Waals surface area contributed by atoms with Gasteiger partial charge in [0.15, 0.2) is 0 Å². The third-order valence-electron chi connectivity index (χ3n) is 3.27. The van der Waals surface area contributed by atoms with Crippen molar-refractivity contribution in [3.8, 4) is 0 Å². The molecule has 0 spiro atoms. The smallest absolute Gasteiger partial charge is 0.123 e. The SMILES string of the molecule is CC1CCCNC1Cc1cccc(F)c1. The van der Waals surface area contributed by atoms with Crippen LogP contribution in [0.1, 0.15) is 25.3 Å². The molecule has 0 aliphatic carbocycles. The van der Waals surface area contributed by atoms with E-state index in [1.807, 2.05) is 6.07 Å². The quantitative estimate of drug-likeness (QED) is 0.786. The highest BCUT2D eigenvalue weighted by atomic mass is 19.1. The Hall–Kier alpha value is -0.890. The van der Waals surface area contributed by atoms with Gasteiger partial charge in [0.05, 0.1) is 0 Å². The summed E-state index contributed by atoms with van der Waals surface area (Å²) >= 11 is 0. The molecular formula is C13H18FN. The summed E-state index contributed by atoms with van der Waals surface area (Å²) in [5, 5.41) is 3.51. The van der Waals surface area contributed by atoms with E-state index in [2.05, 4.69) is 12.2 Å². The van der Waals surface area contributed by atoms with Crippen LogP contribution in [0.2, 0.25) is 0 Å². The molecule has 2 atom stereocenters. The average Bonchev–Trinajstić information content (AvgIpc) is 2.22. The molecule has 0 radical (unpaired) electrons. The third-order valence-corrected chi connectivity index (χ3v) is 3.27. The van der Waals surface area contributed by atoms with Gasteiger partial charge in [0.1, 0.15) is 5.82 Å². The van der Waals surface area contributed by atoms with Crippen LogP contribution in [0.25, 0.3) is 0 Å². The topological polar surface area (TPSA) is 12.0 Å². The van der Waals surface area contributed by atoms with Crippen LogP contribution >= 0.6 is 0 Å². The number of hydrogen-bond donors (Lipinski definition) is 1. The Labute approximate surface area is 90.7 Å². The Bertz CT molecular complexity index is 324. The predicted octanol–water partition coefficient (Wildman–Crippen LogP) is 2.76. The van der Waals surface area contributed by atoms with Crippen molar-refractivity contribution in [1.29, 1.82) is 0 Å². The Morgan fingerprint density at radius 1 is 1.47 bits per heavy atom. The van der Waals surface area contributed by atoms with Gasteiger partial charge in [-0.1, -0.05) is 19.1 Å². The second-order valence-corrected chi connectivity index (χ2v) is 4.51. The fraction of sp³-hybridized carbons (Fsp3) is 0.538. The number of benzene rings is 1. The van der Waals surface area contributed by atoms with Crippen molar-refractivity contribution in [2.24, 2.45) is 5.92 Å². The minimum absolute atomic E-state index is 0.129. The lowest BCUT2D eigenvalue weighted by Crippen LogP contribution is -2.41. The number of hydrogen-bond acceptors (Lipinski definition) is 1. The average molecular weight is 207 g/mol. The second-order valence-electron chi connectivity index (χ2n) is 4.51. The number of piperidine rings is 1. The molecule has 1 fully saturated rings. The van der Waals surface area contributed by atoms with Gasteiger partial charge in [-0.3, -0.25) is 0 Å². The maximum Gasteiger partial charge on any atom is 0.123 e. The van der Waals surface area contributed by atoms with Crippen LogP contribution in [0.15, 0.2) is 24.3 Å². The van der Waals surface area contributed by atoms with Crippen LogP contribution in [0.5, 0.6) is 0 Å². The first-order chi connectivity index (χ1) is 7.25. The fourth-order valence-corrected chi connectivity index (χ4v) is 2.31. The van der Waals surface area contributed by atoms with Crippen LogP contribution in [-0.2, 0) is 6.42 Å². The molecule has 1 aliphatic rings. The molecule has 1 nitrogen and oxygen atoms in total. The summed E-state index contributed by atoms with van der Waals surface area (Å²) < 4.78 is 13.0. The van der Waals surface area contributed by atoms with Crippen molar-refractivity contribution < 1.29 is 4.39 Å². The number of halogens is 1. The molecule has 2 heteroatoms. The summed E-state index contributed by atoms with van der Waals surface area (Å²) in [5.41, 5.74) is 1.10. The van der Waals surface area contributed by atoms with Gasteiger partial charge in [0, 0.05) is 6.04 Å². The molecule has 1 heterocycles. The van der Waals surface area contributed by atoms with Gasteiger partial charge in [-0.2, -0.15) is 0 Å². The summed E-state index contributed by atoms with van der Waals surface area (Å²) in [6, 6.07) is 7.45. The number of nitrogens with one attached hydrogen (secondary N) is 1. The Morgan fingerprint density at radius 3 is 3.07 bits per heavy atom. The van der Waals surface area contributed by atoms with E-state index in [0.29, 0.717) is 12.0 Å². The van der Waals surface area contributed by atoms with Crippen molar-refractivity contribution in [3.63, 3.8) is 0 Å². The number of rotatable bonds is 2. The molecular weight excluding hydrogens is 189 g/mol. The molecule has 0 aromatic heterocycles. The van der Waals surface area contributed by atoms with Crippen LogP contribution in [0.3, 0.4) is 0 Å². The van der Waals surface area contributed by atoms with Crippen molar-refractivity contribution in [2.75, 3.05) is 6.54 Å². The summed E-state index contributed by atoms with van der Waals surface area (Å²) in [7, 11) is 0. The van der Waals surface area contributed by atoms with E-state index in [1.165, 1.54) is 18.9 Å². The van der Waals surface area contributed by atoms with E-state index in [-0.39, 0.29) is 5.82 Å². The van der Waals surface area contributed by atoms with Gasteiger partial charge < -0.3 is 5.32 Å². The van der Waals surface area contributed by atoms with E-state index in [1.54, 1.807) is 12.1 Å². The van der Waals surface area contributed by atoms with E-state index in [0.717, 1.165) is 18.5 Å². The Kier molecular flexibility index (Phi) is 3.37. The van der Waals surface area contributed by atoms with Gasteiger partial charge in [-0.05, 0) is 49.4 Å². The first-order valence-corrected chi connectivity index (χ1v) is 5.73. The fourth-order valence-electron chi connectivity index (χ4n) is 2.31. The summed E-state index contributed by atoms with van der Waals surface area (Å²) in [6.45, 7) is 3.38. The normalized spacial score (nSPS) is 26.5. The third kappa shape index (κ3) is 2.78. The standard InChI is InChI=1S/C13H18FN/c1-10-4-3-7-15-13(10)9-11-5-2-6-12(14)8-11/h2,5-6,8,10,13,15H,3-4,7,9H2,1H3. The molecule has 0 amide bonds. The van der Waals surface area contributed by atoms with Crippen molar-refractivity contribution in [3.05, 3.63) is 35.6 Å². The minimum atomic E-state index is -0.129. The predicted molar refractivity (Wildman–Crippen MR) is 60.3 cm³/mol.